The van der Waals surface area contributed by atoms with Crippen LogP contribution in [0, 0.1) is 11.3 Å². The van der Waals surface area contributed by atoms with E-state index in [0.29, 0.717) is 61.2 Å². The number of primary amides is 1. The number of hydrogen-bond acceptors (Lipinski definition) is 9. The number of methoxy groups -OCH3 is 2. The van der Waals surface area contributed by atoms with Crippen LogP contribution < -0.4 is 15.0 Å². The van der Waals surface area contributed by atoms with Gasteiger partial charge in [0.05, 0.1) is 18.9 Å². The molecule has 0 spiro atoms. The summed E-state index contributed by atoms with van der Waals surface area (Å²) < 4.78 is 23.8. The Morgan fingerprint density at radius 3 is 2.57 bits per heavy atom. The highest BCUT2D eigenvalue weighted by molar-refractivity contribution is 6.74. The van der Waals surface area contributed by atoms with Crippen molar-refractivity contribution in [3.05, 3.63) is 40.7 Å². The molecule has 2 atom stereocenters. The minimum absolute atomic E-state index is 0.0299. The minimum Gasteiger partial charge on any atom is -0.490 e. The summed E-state index contributed by atoms with van der Waals surface area (Å²) in [4.78, 5) is 25.5. The number of pyridine rings is 2. The largest absolute Gasteiger partial charge is 0.490 e. The molecule has 2 aliphatic rings. The van der Waals surface area contributed by atoms with Gasteiger partial charge in [-0.1, -0.05) is 27.2 Å². The van der Waals surface area contributed by atoms with Gasteiger partial charge in [0.15, 0.2) is 8.32 Å². The molecule has 1 fully saturated rings. The number of piperidine rings is 1. The van der Waals surface area contributed by atoms with E-state index in [2.05, 4.69) is 56.9 Å². The summed E-state index contributed by atoms with van der Waals surface area (Å²) in [5.41, 5.74) is 8.80. The average Bonchev–Trinajstić information content (AvgIpc) is 2.99. The number of nitrogens with zero attached hydrogens (tertiary/aromatic N) is 5. The van der Waals surface area contributed by atoms with Crippen LogP contribution in [0.25, 0.3) is 0 Å². The predicted molar refractivity (Wildman–Crippen MR) is 172 cm³/mol. The van der Waals surface area contributed by atoms with E-state index in [-0.39, 0.29) is 11.1 Å². The highest BCUT2D eigenvalue weighted by Gasteiger charge is 2.48. The van der Waals surface area contributed by atoms with E-state index in [1.165, 1.54) is 12.6 Å². The van der Waals surface area contributed by atoms with Crippen molar-refractivity contribution in [1.29, 1.82) is 5.26 Å². The number of fused-ring (bicyclic) bond motifs is 1. The van der Waals surface area contributed by atoms with Gasteiger partial charge in [-0.2, -0.15) is 10.2 Å². The molecule has 2 unspecified atom stereocenters. The molecule has 2 aromatic rings. The summed E-state index contributed by atoms with van der Waals surface area (Å²) >= 11 is 0. The zero-order chi connectivity index (χ0) is 32.3. The maximum absolute atomic E-state index is 13.5. The number of likely N-dealkylation sites (tertiary alicyclic amines) is 1. The first-order valence-electron chi connectivity index (χ1n) is 15.4. The van der Waals surface area contributed by atoms with Crippen molar-refractivity contribution in [3.63, 3.8) is 0 Å². The molecular formula is C32H49N6O5Si+. The Morgan fingerprint density at radius 1 is 1.23 bits per heavy atom. The van der Waals surface area contributed by atoms with Crippen LogP contribution in [0.1, 0.15) is 75.1 Å². The van der Waals surface area contributed by atoms with Crippen LogP contribution in [-0.4, -0.2) is 76.2 Å². The van der Waals surface area contributed by atoms with Crippen molar-refractivity contribution in [2.24, 2.45) is 5.73 Å². The Morgan fingerprint density at radius 2 is 1.95 bits per heavy atom. The third kappa shape index (κ3) is 6.68. The molecule has 4 heterocycles. The summed E-state index contributed by atoms with van der Waals surface area (Å²) in [7, 11) is 3.12. The van der Waals surface area contributed by atoms with E-state index in [4.69, 9.17) is 29.4 Å². The fourth-order valence-electron chi connectivity index (χ4n) is 5.78. The van der Waals surface area contributed by atoms with Crippen molar-refractivity contribution in [2.45, 2.75) is 89.9 Å². The first kappa shape index (κ1) is 34.0. The van der Waals surface area contributed by atoms with E-state index in [0.717, 1.165) is 30.5 Å². The standard InChI is InChI=1S/C32H48N6O5Si/c1-32(2,3)44(7,8)43-20-23-16-22-12-11-15-38(31(34)39,29(22)36-28(23)30(40-5)41-6)27-17-26(24(18-33)19-35-27)42-21-25-13-9-10-14-37(25)4/h16-17,19,25,30H,9-15,20-21H2,1-8H3,(H-,34,39)/p+1. The molecular weight excluding hydrogens is 576 g/mol. The molecule has 0 aromatic carbocycles. The Hall–Kier alpha value is -2.92. The molecule has 11 nitrogen and oxygen atoms in total. The van der Waals surface area contributed by atoms with E-state index in [9.17, 15) is 10.1 Å². The van der Waals surface area contributed by atoms with Gasteiger partial charge in [-0.25, -0.2) is 9.78 Å². The number of carbonyl (C=O) groups is 1. The summed E-state index contributed by atoms with van der Waals surface area (Å²) in [6, 6.07) is 5.55. The predicted octanol–water partition coefficient (Wildman–Crippen LogP) is 5.69. The first-order valence-corrected chi connectivity index (χ1v) is 18.3. The maximum Gasteiger partial charge on any atom is 0.426 e. The number of quaternary nitrogens is 1. The van der Waals surface area contributed by atoms with Crippen LogP contribution in [0.15, 0.2) is 18.3 Å². The molecule has 0 aliphatic carbocycles. The Kier molecular flexibility index (Phi) is 10.5. The molecule has 0 radical (unpaired) electrons. The van der Waals surface area contributed by atoms with E-state index >= 15 is 0 Å². The topological polar surface area (TPSA) is 133 Å². The van der Waals surface area contributed by atoms with Crippen molar-refractivity contribution < 1.29 is 23.4 Å². The van der Waals surface area contributed by atoms with Crippen molar-refractivity contribution >= 4 is 26.0 Å². The Bertz CT molecular complexity index is 1390. The molecule has 4 rings (SSSR count). The van der Waals surface area contributed by atoms with Crippen LogP contribution in [0.4, 0.5) is 16.4 Å². The second kappa shape index (κ2) is 13.6. The van der Waals surface area contributed by atoms with Gasteiger partial charge >= 0.3 is 6.03 Å². The lowest BCUT2D eigenvalue weighted by atomic mass is 9.99. The number of carbonyl (C=O) groups excluding carboxylic acids is 1. The average molecular weight is 626 g/mol. The van der Waals surface area contributed by atoms with Gasteiger partial charge in [-0.15, -0.1) is 4.48 Å². The smallest absolute Gasteiger partial charge is 0.426 e. The lowest BCUT2D eigenvalue weighted by molar-refractivity contribution is -0.109. The molecule has 2 aliphatic heterocycles. The van der Waals surface area contributed by atoms with Gasteiger partial charge in [0.25, 0.3) is 0 Å². The Balaban J connectivity index is 1.80. The first-order chi connectivity index (χ1) is 20.8. The fourth-order valence-corrected chi connectivity index (χ4v) is 6.73. The molecule has 1 saturated heterocycles. The summed E-state index contributed by atoms with van der Waals surface area (Å²) in [6.07, 6.45) is 5.41. The van der Waals surface area contributed by atoms with Crippen LogP contribution >= 0.6 is 0 Å². The molecule has 0 bridgehead atoms. The molecule has 44 heavy (non-hydrogen) atoms. The molecule has 0 saturated carbocycles. The van der Waals surface area contributed by atoms with Gasteiger partial charge in [0, 0.05) is 37.8 Å². The number of hydrogen-bond donors (Lipinski definition) is 1. The molecule has 2 N–H and O–H groups in total. The quantitative estimate of drug-likeness (QED) is 0.201. The van der Waals surface area contributed by atoms with E-state index in [1.807, 2.05) is 6.07 Å². The number of amides is 2. The van der Waals surface area contributed by atoms with Gasteiger partial charge in [0.1, 0.15) is 36.2 Å². The third-order valence-corrected chi connectivity index (χ3v) is 14.1. The van der Waals surface area contributed by atoms with Gasteiger partial charge in [-0.05, 0) is 57.1 Å². The normalized spacial score (nSPS) is 21.1. The van der Waals surface area contributed by atoms with Crippen molar-refractivity contribution in [2.75, 3.05) is 41.0 Å². The maximum atomic E-state index is 13.5. The molecule has 2 aromatic heterocycles. The molecule has 2 amide bonds. The Labute approximate surface area is 263 Å². The lowest BCUT2D eigenvalue weighted by Crippen LogP contribution is -2.56. The van der Waals surface area contributed by atoms with Gasteiger partial charge < -0.3 is 29.3 Å². The monoisotopic (exact) mass is 625 g/mol. The fraction of sp³-hybridized carbons (Fsp3) is 0.625. The third-order valence-electron chi connectivity index (χ3n) is 9.63. The molecule has 12 heteroatoms. The van der Waals surface area contributed by atoms with Crippen molar-refractivity contribution in [3.8, 4) is 11.8 Å². The highest BCUT2D eigenvalue weighted by Crippen LogP contribution is 2.43. The second-order valence-corrected chi connectivity index (χ2v) is 18.2. The van der Waals surface area contributed by atoms with Crippen LogP contribution in [-0.2, 0) is 26.9 Å². The minimum atomic E-state index is -2.08. The van der Waals surface area contributed by atoms with Crippen LogP contribution in [0.3, 0.4) is 0 Å². The van der Waals surface area contributed by atoms with Gasteiger partial charge in [0.2, 0.25) is 17.9 Å². The number of ether oxygens (including phenoxy) is 3. The number of rotatable bonds is 10. The number of aromatic nitrogens is 2. The van der Waals surface area contributed by atoms with Crippen LogP contribution in [0.5, 0.6) is 5.75 Å². The molecule has 240 valence electrons. The summed E-state index contributed by atoms with van der Waals surface area (Å²) in [6.45, 7) is 13.2. The SMILES string of the molecule is COC(OC)c1nc2c(cc1CO[Si](C)(C)C(C)(C)C)CCC[N+]2(C(N)=O)c1cc(OCC2CCCCN2C)c(C#N)cn1. The number of nitrogens with two attached hydrogens (primary N) is 1. The highest BCUT2D eigenvalue weighted by atomic mass is 28.4. The number of urea groups is 1. The zero-order valence-corrected chi connectivity index (χ0v) is 28.6. The van der Waals surface area contributed by atoms with Crippen LogP contribution in [0.2, 0.25) is 18.1 Å². The van der Waals surface area contributed by atoms with E-state index in [1.54, 1.807) is 20.3 Å². The summed E-state index contributed by atoms with van der Waals surface area (Å²) in [5, 5.41) is 9.88. The van der Waals surface area contributed by atoms with Gasteiger partial charge in [-0.3, -0.25) is 0 Å². The van der Waals surface area contributed by atoms with Crippen molar-refractivity contribution in [1.82, 2.24) is 19.4 Å². The number of nitriles is 1. The zero-order valence-electron chi connectivity index (χ0n) is 27.6. The number of likely N-dealkylation sites (N-methyl/N-ethyl adjacent to an activating group) is 1. The lowest BCUT2D eigenvalue weighted by Gasteiger charge is -2.37. The van der Waals surface area contributed by atoms with E-state index < -0.39 is 25.1 Å². The number of aryl methyl sites for hydroxylation is 1. The second-order valence-electron chi connectivity index (χ2n) is 13.4. The summed E-state index contributed by atoms with van der Waals surface area (Å²) in [5.74, 6) is 1.22.